The van der Waals surface area contributed by atoms with Gasteiger partial charge in [0.05, 0.1) is 11.9 Å². The highest BCUT2D eigenvalue weighted by Crippen LogP contribution is 2.18. The minimum atomic E-state index is -0.796. The van der Waals surface area contributed by atoms with Crippen LogP contribution in [-0.4, -0.2) is 29.4 Å². The molecule has 0 aromatic heterocycles. The van der Waals surface area contributed by atoms with Crippen molar-refractivity contribution < 1.29 is 14.3 Å². The van der Waals surface area contributed by atoms with E-state index in [1.807, 2.05) is 13.8 Å². The molecule has 0 aromatic rings. The van der Waals surface area contributed by atoms with E-state index in [4.69, 9.17) is 4.74 Å². The molecule has 0 aliphatic carbocycles. The van der Waals surface area contributed by atoms with Crippen LogP contribution in [0.3, 0.4) is 0 Å². The van der Waals surface area contributed by atoms with Crippen LogP contribution < -0.4 is 5.32 Å². The summed E-state index contributed by atoms with van der Waals surface area (Å²) >= 11 is 3.12. The zero-order chi connectivity index (χ0) is 11.9. The van der Waals surface area contributed by atoms with Crippen molar-refractivity contribution in [3.05, 3.63) is 0 Å². The third-order valence-corrected chi connectivity index (χ3v) is 2.99. The fraction of sp³-hybridized carbons (Fsp3) is 0.800. The standard InChI is InChI=1S/C10H18BrNO3/c1-4-10(5-2,8(13)7-11)12-9(14)15-6-3/h4-7H2,1-3H3,(H,12,14). The zero-order valence-electron chi connectivity index (χ0n) is 9.43. The first kappa shape index (κ1) is 14.4. The Hall–Kier alpha value is -0.580. The topological polar surface area (TPSA) is 55.4 Å². The summed E-state index contributed by atoms with van der Waals surface area (Å²) in [5, 5.41) is 2.88. The number of nitrogens with one attached hydrogen (secondary N) is 1. The Morgan fingerprint density at radius 1 is 1.27 bits per heavy atom. The molecule has 1 amide bonds. The van der Waals surface area contributed by atoms with E-state index in [1.54, 1.807) is 6.92 Å². The molecule has 4 nitrogen and oxygen atoms in total. The van der Waals surface area contributed by atoms with E-state index in [1.165, 1.54) is 0 Å². The van der Waals surface area contributed by atoms with Gasteiger partial charge in [-0.1, -0.05) is 29.8 Å². The van der Waals surface area contributed by atoms with Crippen molar-refractivity contribution in [2.24, 2.45) is 0 Å². The number of rotatable bonds is 6. The van der Waals surface area contributed by atoms with Gasteiger partial charge in [0.25, 0.3) is 0 Å². The van der Waals surface area contributed by atoms with Crippen LogP contribution in [0.15, 0.2) is 0 Å². The Bertz CT molecular complexity index is 227. The Labute approximate surface area is 98.9 Å². The summed E-state index contributed by atoms with van der Waals surface area (Å²) in [4.78, 5) is 23.0. The second-order valence-electron chi connectivity index (χ2n) is 3.19. The van der Waals surface area contributed by atoms with Crippen LogP contribution in [0.1, 0.15) is 33.6 Å². The lowest BCUT2D eigenvalue weighted by atomic mass is 9.89. The maximum Gasteiger partial charge on any atom is 0.407 e. The molecule has 0 saturated heterocycles. The van der Waals surface area contributed by atoms with Crippen molar-refractivity contribution in [2.45, 2.75) is 39.2 Å². The molecule has 1 N–H and O–H groups in total. The quantitative estimate of drug-likeness (QED) is 0.759. The van der Waals surface area contributed by atoms with Gasteiger partial charge in [0, 0.05) is 0 Å². The van der Waals surface area contributed by atoms with E-state index in [2.05, 4.69) is 21.2 Å². The molecule has 0 heterocycles. The van der Waals surface area contributed by atoms with E-state index in [0.717, 1.165) is 0 Å². The molecule has 0 rings (SSSR count). The Kier molecular flexibility index (Phi) is 6.56. The maximum absolute atomic E-state index is 11.7. The van der Waals surface area contributed by atoms with Gasteiger partial charge in [-0.3, -0.25) is 4.79 Å². The van der Waals surface area contributed by atoms with Gasteiger partial charge in [0.2, 0.25) is 0 Å². The number of carbonyl (C=O) groups is 2. The second kappa shape index (κ2) is 6.82. The van der Waals surface area contributed by atoms with Gasteiger partial charge in [-0.05, 0) is 19.8 Å². The van der Waals surface area contributed by atoms with Crippen LogP contribution in [0, 0.1) is 0 Å². The van der Waals surface area contributed by atoms with Crippen molar-refractivity contribution in [3.63, 3.8) is 0 Å². The summed E-state index contributed by atoms with van der Waals surface area (Å²) in [6, 6.07) is 0. The van der Waals surface area contributed by atoms with Crippen molar-refractivity contribution in [2.75, 3.05) is 11.9 Å². The number of halogens is 1. The number of Topliss-reactive ketones (excluding diaryl/α,β-unsaturated/α-hetero) is 1. The first-order valence-corrected chi connectivity index (χ1v) is 6.22. The SMILES string of the molecule is CCOC(=O)NC(CC)(CC)C(=O)CBr. The number of alkyl carbamates (subject to hydrolysis) is 1. The molecule has 88 valence electrons. The van der Waals surface area contributed by atoms with Crippen LogP contribution in [0.2, 0.25) is 0 Å². The smallest absolute Gasteiger partial charge is 0.407 e. The number of ketones is 1. The van der Waals surface area contributed by atoms with Crippen LogP contribution in [0.5, 0.6) is 0 Å². The molecule has 0 bridgehead atoms. The zero-order valence-corrected chi connectivity index (χ0v) is 11.0. The Morgan fingerprint density at radius 3 is 2.13 bits per heavy atom. The number of carbonyl (C=O) groups excluding carboxylic acids is 2. The van der Waals surface area contributed by atoms with Gasteiger partial charge >= 0.3 is 6.09 Å². The summed E-state index contributed by atoms with van der Waals surface area (Å²) < 4.78 is 4.78. The second-order valence-corrected chi connectivity index (χ2v) is 3.75. The monoisotopic (exact) mass is 279 g/mol. The van der Waals surface area contributed by atoms with Crippen LogP contribution >= 0.6 is 15.9 Å². The molecule has 0 spiro atoms. The van der Waals surface area contributed by atoms with Crippen molar-refractivity contribution in [1.82, 2.24) is 5.32 Å². The molecule has 0 aliphatic heterocycles. The molecule has 15 heavy (non-hydrogen) atoms. The lowest BCUT2D eigenvalue weighted by molar-refractivity contribution is -0.122. The average molecular weight is 280 g/mol. The number of alkyl halides is 1. The van der Waals surface area contributed by atoms with E-state index < -0.39 is 11.6 Å². The Balaban J connectivity index is 4.63. The predicted molar refractivity (Wildman–Crippen MR) is 62.3 cm³/mol. The lowest BCUT2D eigenvalue weighted by Gasteiger charge is -2.30. The van der Waals surface area contributed by atoms with E-state index in [0.29, 0.717) is 19.4 Å². The summed E-state index contributed by atoms with van der Waals surface area (Å²) in [6.07, 6.45) is 0.593. The highest BCUT2D eigenvalue weighted by molar-refractivity contribution is 9.09. The molecule has 0 fully saturated rings. The van der Waals surface area contributed by atoms with Gasteiger partial charge < -0.3 is 10.1 Å². The Morgan fingerprint density at radius 2 is 1.80 bits per heavy atom. The molecular weight excluding hydrogens is 262 g/mol. The minimum Gasteiger partial charge on any atom is -0.450 e. The van der Waals surface area contributed by atoms with Crippen molar-refractivity contribution in [3.8, 4) is 0 Å². The third kappa shape index (κ3) is 3.81. The minimum absolute atomic E-state index is 0.0273. The average Bonchev–Trinajstić information content (AvgIpc) is 2.25. The van der Waals surface area contributed by atoms with E-state index in [-0.39, 0.29) is 11.1 Å². The molecule has 0 aliphatic rings. The van der Waals surface area contributed by atoms with Crippen molar-refractivity contribution >= 4 is 27.8 Å². The van der Waals surface area contributed by atoms with Gasteiger partial charge in [0.1, 0.15) is 5.54 Å². The summed E-state index contributed by atoms with van der Waals surface area (Å²) in [5.41, 5.74) is -0.796. The fourth-order valence-electron chi connectivity index (χ4n) is 1.38. The van der Waals surface area contributed by atoms with Crippen LogP contribution in [-0.2, 0) is 9.53 Å². The fourth-order valence-corrected chi connectivity index (χ4v) is 1.92. The normalized spacial score (nSPS) is 10.9. The molecule has 0 aromatic carbocycles. The molecular formula is C10H18BrNO3. The van der Waals surface area contributed by atoms with Crippen LogP contribution in [0.4, 0.5) is 4.79 Å². The predicted octanol–water partition coefficient (Wildman–Crippen LogP) is 2.26. The molecule has 0 atom stereocenters. The van der Waals surface area contributed by atoms with Crippen LogP contribution in [0.25, 0.3) is 0 Å². The highest BCUT2D eigenvalue weighted by Gasteiger charge is 2.35. The lowest BCUT2D eigenvalue weighted by Crippen LogP contribution is -2.54. The first-order valence-electron chi connectivity index (χ1n) is 5.10. The number of hydrogen-bond acceptors (Lipinski definition) is 3. The van der Waals surface area contributed by atoms with Gasteiger partial charge in [0.15, 0.2) is 5.78 Å². The number of amides is 1. The molecule has 0 unspecified atom stereocenters. The number of ether oxygens (including phenoxy) is 1. The van der Waals surface area contributed by atoms with Gasteiger partial charge in [-0.25, -0.2) is 4.79 Å². The molecule has 5 heteroatoms. The summed E-state index contributed by atoms with van der Waals surface area (Å²) in [6.45, 7) is 5.77. The molecule has 0 radical (unpaired) electrons. The van der Waals surface area contributed by atoms with E-state index in [9.17, 15) is 9.59 Å². The maximum atomic E-state index is 11.7. The van der Waals surface area contributed by atoms with Crippen molar-refractivity contribution in [1.29, 1.82) is 0 Å². The van der Waals surface area contributed by atoms with Gasteiger partial charge in [-0.15, -0.1) is 0 Å². The van der Waals surface area contributed by atoms with E-state index >= 15 is 0 Å². The summed E-state index contributed by atoms with van der Waals surface area (Å²) in [5.74, 6) is -0.0273. The highest BCUT2D eigenvalue weighted by atomic mass is 79.9. The van der Waals surface area contributed by atoms with Gasteiger partial charge in [-0.2, -0.15) is 0 Å². The number of hydrogen-bond donors (Lipinski definition) is 1. The molecule has 0 saturated carbocycles. The third-order valence-electron chi connectivity index (χ3n) is 2.48. The first-order chi connectivity index (χ1) is 7.06. The summed E-state index contributed by atoms with van der Waals surface area (Å²) in [7, 11) is 0. The largest absolute Gasteiger partial charge is 0.450 e.